The molecule has 14 heavy (non-hydrogen) atoms. The van der Waals surface area contributed by atoms with E-state index in [4.69, 9.17) is 16.3 Å². The molecule has 0 N–H and O–H groups in total. The molecule has 0 bridgehead atoms. The summed E-state index contributed by atoms with van der Waals surface area (Å²) in [6, 6.07) is 0. The zero-order chi connectivity index (χ0) is 10.6. The Morgan fingerprint density at radius 1 is 1.79 bits per heavy atom. The second kappa shape index (κ2) is 5.44. The lowest BCUT2D eigenvalue weighted by Gasteiger charge is -2.08. The number of carbonyl (C=O) groups excluding carboxylic acids is 1. The fraction of sp³-hybridized carbons (Fsp3) is 0.556. The molecule has 0 amide bonds. The van der Waals surface area contributed by atoms with Gasteiger partial charge in [0.25, 0.3) is 0 Å². The lowest BCUT2D eigenvalue weighted by Crippen LogP contribution is -2.03. The molecule has 0 aliphatic heterocycles. The smallest absolute Gasteiger partial charge is 0.196 e. The van der Waals surface area contributed by atoms with Gasteiger partial charge in [-0.2, -0.15) is 0 Å². The first-order chi connectivity index (χ1) is 6.72. The summed E-state index contributed by atoms with van der Waals surface area (Å²) in [6.07, 6.45) is 0.829. The second-order valence-electron chi connectivity index (χ2n) is 2.76. The molecule has 1 unspecified atom stereocenters. The maximum absolute atomic E-state index is 11.2. The number of Topliss-reactive ketones (excluding diaryl/α,β-unsaturated/α-hetero) is 1. The summed E-state index contributed by atoms with van der Waals surface area (Å²) in [4.78, 5) is 15.4. The van der Waals surface area contributed by atoms with Gasteiger partial charge in [0.2, 0.25) is 0 Å². The van der Waals surface area contributed by atoms with Crippen LogP contribution >= 0.6 is 22.9 Å². The highest BCUT2D eigenvalue weighted by atomic mass is 35.5. The number of carbonyl (C=O) groups is 1. The number of thiazole rings is 1. The molecule has 3 nitrogen and oxygen atoms in total. The fourth-order valence-corrected chi connectivity index (χ4v) is 2.19. The number of rotatable bonds is 5. The summed E-state index contributed by atoms with van der Waals surface area (Å²) in [7, 11) is 1.64. The van der Waals surface area contributed by atoms with Crippen molar-refractivity contribution in [1.82, 2.24) is 4.98 Å². The van der Waals surface area contributed by atoms with E-state index in [-0.39, 0.29) is 17.8 Å². The Bertz CT molecular complexity index is 310. The molecule has 0 saturated carbocycles. The number of methoxy groups -OCH3 is 1. The molecule has 0 spiro atoms. The molecule has 0 radical (unpaired) electrons. The Balaban J connectivity index is 2.81. The van der Waals surface area contributed by atoms with Gasteiger partial charge in [0.15, 0.2) is 5.78 Å². The second-order valence-corrected chi connectivity index (χ2v) is 3.92. The highest BCUT2D eigenvalue weighted by molar-refractivity contribution is 7.09. The molecule has 0 aromatic carbocycles. The van der Waals surface area contributed by atoms with E-state index in [1.807, 2.05) is 6.92 Å². The van der Waals surface area contributed by atoms with Crippen molar-refractivity contribution < 1.29 is 9.53 Å². The van der Waals surface area contributed by atoms with E-state index in [1.165, 1.54) is 11.3 Å². The number of ketones is 1. The third-order valence-corrected chi connectivity index (χ3v) is 3.04. The monoisotopic (exact) mass is 233 g/mol. The summed E-state index contributed by atoms with van der Waals surface area (Å²) in [5.74, 6) is -0.160. The third-order valence-electron chi connectivity index (χ3n) is 1.86. The number of hydrogen-bond donors (Lipinski definition) is 0. The van der Waals surface area contributed by atoms with E-state index in [0.29, 0.717) is 5.69 Å². The molecule has 1 aromatic heterocycles. The highest BCUT2D eigenvalue weighted by Gasteiger charge is 2.15. The molecule has 78 valence electrons. The average molecular weight is 234 g/mol. The summed E-state index contributed by atoms with van der Waals surface area (Å²) in [6.45, 7) is 2.01. The van der Waals surface area contributed by atoms with Crippen molar-refractivity contribution in [2.45, 2.75) is 19.4 Å². The van der Waals surface area contributed by atoms with E-state index >= 15 is 0 Å². The van der Waals surface area contributed by atoms with E-state index < -0.39 is 0 Å². The Kier molecular flexibility index (Phi) is 4.51. The summed E-state index contributed by atoms with van der Waals surface area (Å²) < 4.78 is 5.22. The van der Waals surface area contributed by atoms with Gasteiger partial charge in [-0.25, -0.2) is 4.98 Å². The molecule has 1 heterocycles. The van der Waals surface area contributed by atoms with Gasteiger partial charge < -0.3 is 4.74 Å². The number of alkyl halides is 1. The van der Waals surface area contributed by atoms with Crippen molar-refractivity contribution in [2.75, 3.05) is 13.0 Å². The van der Waals surface area contributed by atoms with Gasteiger partial charge in [-0.05, 0) is 6.42 Å². The standard InChI is InChI=1S/C9H12ClNO2S/c1-3-8(13-2)9-11-6(5-14-9)7(12)4-10/h5,8H,3-4H2,1-2H3. The Labute approximate surface area is 92.1 Å². The molecule has 5 heteroatoms. The maximum atomic E-state index is 11.2. The SMILES string of the molecule is CCC(OC)c1nc(C(=O)CCl)cs1. The summed E-state index contributed by atoms with van der Waals surface area (Å²) >= 11 is 6.86. The molecular weight excluding hydrogens is 222 g/mol. The van der Waals surface area contributed by atoms with Crippen LogP contribution in [0.2, 0.25) is 0 Å². The first-order valence-electron chi connectivity index (χ1n) is 4.30. The van der Waals surface area contributed by atoms with Crippen LogP contribution in [0.15, 0.2) is 5.38 Å². The first kappa shape index (κ1) is 11.6. The van der Waals surface area contributed by atoms with Crippen molar-refractivity contribution in [3.8, 4) is 0 Å². The summed E-state index contributed by atoms with van der Waals surface area (Å²) in [5.41, 5.74) is 0.440. The van der Waals surface area contributed by atoms with Gasteiger partial charge in [-0.1, -0.05) is 6.92 Å². The van der Waals surface area contributed by atoms with E-state index in [1.54, 1.807) is 12.5 Å². The molecule has 0 aliphatic carbocycles. The first-order valence-corrected chi connectivity index (χ1v) is 5.71. The van der Waals surface area contributed by atoms with Crippen LogP contribution in [0.3, 0.4) is 0 Å². The van der Waals surface area contributed by atoms with Crippen LogP contribution in [0.25, 0.3) is 0 Å². The van der Waals surface area contributed by atoms with Crippen LogP contribution in [-0.4, -0.2) is 23.8 Å². The molecular formula is C9H12ClNO2S. The van der Waals surface area contributed by atoms with Crippen LogP contribution < -0.4 is 0 Å². The molecule has 1 rings (SSSR count). The Morgan fingerprint density at radius 2 is 2.50 bits per heavy atom. The zero-order valence-electron chi connectivity index (χ0n) is 8.12. The molecule has 0 fully saturated rings. The normalized spacial score (nSPS) is 12.8. The quantitative estimate of drug-likeness (QED) is 0.580. The molecule has 1 aromatic rings. The minimum absolute atomic E-state index is 0.0168. The van der Waals surface area contributed by atoms with Gasteiger partial charge >= 0.3 is 0 Å². The van der Waals surface area contributed by atoms with E-state index in [9.17, 15) is 4.79 Å². The molecule has 0 saturated heterocycles. The topological polar surface area (TPSA) is 39.2 Å². The largest absolute Gasteiger partial charge is 0.374 e. The van der Waals surface area contributed by atoms with Gasteiger partial charge in [0.05, 0.1) is 5.88 Å². The van der Waals surface area contributed by atoms with Crippen LogP contribution in [0.1, 0.15) is 34.9 Å². The van der Waals surface area contributed by atoms with Crippen molar-refractivity contribution in [3.05, 3.63) is 16.1 Å². The lowest BCUT2D eigenvalue weighted by molar-refractivity contribution is 0.0979. The van der Waals surface area contributed by atoms with Crippen LogP contribution in [0.5, 0.6) is 0 Å². The highest BCUT2D eigenvalue weighted by Crippen LogP contribution is 2.23. The van der Waals surface area contributed by atoms with E-state index in [2.05, 4.69) is 4.98 Å². The van der Waals surface area contributed by atoms with Crippen molar-refractivity contribution in [1.29, 1.82) is 0 Å². The van der Waals surface area contributed by atoms with Crippen LogP contribution in [0, 0.1) is 0 Å². The minimum Gasteiger partial charge on any atom is -0.374 e. The average Bonchev–Trinajstić information content (AvgIpc) is 2.68. The lowest BCUT2D eigenvalue weighted by atomic mass is 10.3. The van der Waals surface area contributed by atoms with Gasteiger partial charge in [-0.15, -0.1) is 22.9 Å². The summed E-state index contributed by atoms with van der Waals surface area (Å²) in [5, 5.41) is 2.56. The van der Waals surface area contributed by atoms with Crippen molar-refractivity contribution in [3.63, 3.8) is 0 Å². The van der Waals surface area contributed by atoms with E-state index in [0.717, 1.165) is 11.4 Å². The predicted octanol–water partition coefficient (Wildman–Crippen LogP) is 2.66. The number of hydrogen-bond acceptors (Lipinski definition) is 4. The Morgan fingerprint density at radius 3 is 3.00 bits per heavy atom. The maximum Gasteiger partial charge on any atom is 0.196 e. The zero-order valence-corrected chi connectivity index (χ0v) is 9.69. The van der Waals surface area contributed by atoms with Crippen molar-refractivity contribution in [2.24, 2.45) is 0 Å². The van der Waals surface area contributed by atoms with Gasteiger partial charge in [-0.3, -0.25) is 4.79 Å². The van der Waals surface area contributed by atoms with Crippen LogP contribution in [0.4, 0.5) is 0 Å². The third kappa shape index (κ3) is 2.53. The fourth-order valence-electron chi connectivity index (χ4n) is 1.07. The number of nitrogens with zero attached hydrogens (tertiary/aromatic N) is 1. The number of ether oxygens (including phenoxy) is 1. The van der Waals surface area contributed by atoms with Gasteiger partial charge in [0, 0.05) is 12.5 Å². The van der Waals surface area contributed by atoms with Crippen molar-refractivity contribution >= 4 is 28.7 Å². The number of aromatic nitrogens is 1. The van der Waals surface area contributed by atoms with Gasteiger partial charge in [0.1, 0.15) is 16.8 Å². The minimum atomic E-state index is -0.139. The number of halogens is 1. The Hall–Kier alpha value is -0.450. The molecule has 0 aliphatic rings. The predicted molar refractivity (Wildman–Crippen MR) is 57.2 cm³/mol. The van der Waals surface area contributed by atoms with Crippen LogP contribution in [-0.2, 0) is 4.74 Å². The molecule has 1 atom stereocenters.